The molecule has 1 aliphatic carbocycles. The lowest BCUT2D eigenvalue weighted by Gasteiger charge is -2.33. The van der Waals surface area contributed by atoms with Gasteiger partial charge in [-0.15, -0.1) is 0 Å². The Hall–Kier alpha value is -1.31. The summed E-state index contributed by atoms with van der Waals surface area (Å²) in [6.45, 7) is 1.77. The molecule has 1 amide bonds. The van der Waals surface area contributed by atoms with Crippen molar-refractivity contribution in [2.24, 2.45) is 5.92 Å². The van der Waals surface area contributed by atoms with Crippen molar-refractivity contribution in [3.63, 3.8) is 0 Å². The van der Waals surface area contributed by atoms with Gasteiger partial charge in [-0.1, -0.05) is 0 Å². The zero-order valence-corrected chi connectivity index (χ0v) is 13.7. The molecule has 3 fully saturated rings. The highest BCUT2D eigenvalue weighted by molar-refractivity contribution is 7.09. The average Bonchev–Trinajstić information content (AvgIpc) is 3.07. The first kappa shape index (κ1) is 15.2. The van der Waals surface area contributed by atoms with Crippen molar-refractivity contribution in [3.05, 3.63) is 5.82 Å². The van der Waals surface area contributed by atoms with E-state index >= 15 is 0 Å². The maximum absolute atomic E-state index is 13.2. The Labute approximate surface area is 137 Å². The first-order valence-corrected chi connectivity index (χ1v) is 9.04. The molecule has 8 heteroatoms. The van der Waals surface area contributed by atoms with Crippen molar-refractivity contribution in [2.45, 2.75) is 43.9 Å². The van der Waals surface area contributed by atoms with E-state index in [9.17, 15) is 13.6 Å². The minimum absolute atomic E-state index is 0.0231. The number of piperidine rings is 1. The maximum Gasteiger partial charge on any atom is 0.251 e. The minimum atomic E-state index is -2.61. The number of anilines is 1. The van der Waals surface area contributed by atoms with E-state index in [1.807, 2.05) is 0 Å². The van der Waals surface area contributed by atoms with Crippen molar-refractivity contribution in [1.29, 1.82) is 0 Å². The summed E-state index contributed by atoms with van der Waals surface area (Å²) in [5.41, 5.74) is 0. The van der Waals surface area contributed by atoms with Gasteiger partial charge in [-0.3, -0.25) is 4.79 Å². The third-order valence-corrected chi connectivity index (χ3v) is 5.78. The lowest BCUT2D eigenvalue weighted by Crippen LogP contribution is -2.45. The van der Waals surface area contributed by atoms with E-state index in [2.05, 4.69) is 14.3 Å². The van der Waals surface area contributed by atoms with Crippen LogP contribution in [-0.2, 0) is 4.79 Å². The second-order valence-corrected chi connectivity index (χ2v) is 7.55. The number of carbonyl (C=O) groups is 1. The predicted molar refractivity (Wildman–Crippen MR) is 83.0 cm³/mol. The van der Waals surface area contributed by atoms with Crippen molar-refractivity contribution in [1.82, 2.24) is 14.3 Å². The second kappa shape index (κ2) is 5.65. The van der Waals surface area contributed by atoms with Gasteiger partial charge in [-0.05, 0) is 19.3 Å². The highest BCUT2D eigenvalue weighted by Gasteiger charge is 2.39. The van der Waals surface area contributed by atoms with Gasteiger partial charge in [-0.25, -0.2) is 13.8 Å². The van der Waals surface area contributed by atoms with E-state index in [0.29, 0.717) is 12.5 Å². The molecule has 1 unspecified atom stereocenters. The van der Waals surface area contributed by atoms with E-state index in [-0.39, 0.29) is 37.8 Å². The molecule has 1 aromatic rings. The van der Waals surface area contributed by atoms with Crippen molar-refractivity contribution in [3.8, 4) is 0 Å². The van der Waals surface area contributed by atoms with Crippen molar-refractivity contribution >= 4 is 22.6 Å². The number of halogens is 2. The minimum Gasteiger partial charge on any atom is -0.346 e. The van der Waals surface area contributed by atoms with Crippen LogP contribution in [0.1, 0.15) is 43.8 Å². The summed E-state index contributed by atoms with van der Waals surface area (Å²) in [6.07, 6.45) is 2.70. The van der Waals surface area contributed by atoms with Crippen LogP contribution in [0, 0.1) is 5.92 Å². The van der Waals surface area contributed by atoms with Gasteiger partial charge >= 0.3 is 0 Å². The third-order valence-electron chi connectivity index (χ3n) is 4.99. The molecule has 4 rings (SSSR count). The largest absolute Gasteiger partial charge is 0.346 e. The lowest BCUT2D eigenvalue weighted by atomic mass is 10.0. The quantitative estimate of drug-likeness (QED) is 0.847. The number of alkyl halides is 2. The fraction of sp³-hybridized carbons (Fsp3) is 0.800. The SMILES string of the molecule is O=C(C1CCN(c2nc(C3CC3)ns2)C1)N1CCC(F)(F)CC1. The molecule has 0 N–H and O–H groups in total. The van der Waals surface area contributed by atoms with Crippen molar-refractivity contribution < 1.29 is 13.6 Å². The van der Waals surface area contributed by atoms with Crippen LogP contribution in [0.5, 0.6) is 0 Å². The van der Waals surface area contributed by atoms with Gasteiger partial charge in [0.15, 0.2) is 0 Å². The zero-order valence-electron chi connectivity index (χ0n) is 12.9. The number of hydrogen-bond donors (Lipinski definition) is 0. The molecule has 1 aromatic heterocycles. The fourth-order valence-electron chi connectivity index (χ4n) is 3.31. The number of hydrogen-bond acceptors (Lipinski definition) is 5. The van der Waals surface area contributed by atoms with Crippen LogP contribution >= 0.6 is 11.5 Å². The number of rotatable bonds is 3. The third kappa shape index (κ3) is 3.18. The Bertz CT molecular complexity index is 594. The van der Waals surface area contributed by atoms with Crippen LogP contribution in [0.25, 0.3) is 0 Å². The molecule has 23 heavy (non-hydrogen) atoms. The second-order valence-electron chi connectivity index (χ2n) is 6.82. The van der Waals surface area contributed by atoms with Gasteiger partial charge in [0.1, 0.15) is 5.82 Å². The molecule has 3 aliphatic rings. The fourth-order valence-corrected chi connectivity index (χ4v) is 4.09. The monoisotopic (exact) mass is 342 g/mol. The highest BCUT2D eigenvalue weighted by atomic mass is 32.1. The molecule has 0 aromatic carbocycles. The van der Waals surface area contributed by atoms with Crippen LogP contribution in [-0.4, -0.2) is 52.3 Å². The predicted octanol–water partition coefficient (Wildman–Crippen LogP) is 2.50. The molecule has 126 valence electrons. The van der Waals surface area contributed by atoms with E-state index in [0.717, 1.165) is 23.9 Å². The molecule has 3 heterocycles. The van der Waals surface area contributed by atoms with Crippen LogP contribution in [0.4, 0.5) is 13.9 Å². The number of aromatic nitrogens is 2. The number of nitrogens with zero attached hydrogens (tertiary/aromatic N) is 4. The number of likely N-dealkylation sites (tertiary alicyclic amines) is 1. The molecule has 2 saturated heterocycles. The Morgan fingerprint density at radius 3 is 2.61 bits per heavy atom. The summed E-state index contributed by atoms with van der Waals surface area (Å²) in [5, 5.41) is 0.896. The summed E-state index contributed by atoms with van der Waals surface area (Å²) in [4.78, 5) is 20.9. The molecule has 1 saturated carbocycles. The lowest BCUT2D eigenvalue weighted by molar-refractivity contribution is -0.140. The summed E-state index contributed by atoms with van der Waals surface area (Å²) >= 11 is 1.40. The van der Waals surface area contributed by atoms with Crippen molar-refractivity contribution in [2.75, 3.05) is 31.1 Å². The summed E-state index contributed by atoms with van der Waals surface area (Å²) in [7, 11) is 0. The van der Waals surface area contributed by atoms with E-state index in [1.54, 1.807) is 4.90 Å². The molecule has 0 radical (unpaired) electrons. The molecule has 0 spiro atoms. The smallest absolute Gasteiger partial charge is 0.251 e. The first-order valence-electron chi connectivity index (χ1n) is 8.27. The van der Waals surface area contributed by atoms with Gasteiger partial charge in [0.2, 0.25) is 11.0 Å². The molecule has 1 atom stereocenters. The van der Waals surface area contributed by atoms with Gasteiger partial charge in [-0.2, -0.15) is 4.37 Å². The molecule has 5 nitrogen and oxygen atoms in total. The zero-order chi connectivity index (χ0) is 16.0. The Balaban J connectivity index is 1.35. The maximum atomic E-state index is 13.2. The molecular weight excluding hydrogens is 322 g/mol. The normalized spacial score (nSPS) is 27.5. The van der Waals surface area contributed by atoms with Gasteiger partial charge in [0.05, 0.1) is 5.92 Å². The molecular formula is C15H20F2N4OS. The van der Waals surface area contributed by atoms with E-state index in [1.165, 1.54) is 24.4 Å². The topological polar surface area (TPSA) is 49.3 Å². The standard InChI is InChI=1S/C15H20F2N4OS/c16-15(17)4-7-20(8-5-15)13(22)11-3-6-21(9-11)14-18-12(19-23-14)10-1-2-10/h10-11H,1-9H2. The molecule has 2 aliphatic heterocycles. The van der Waals surface area contributed by atoms with Gasteiger partial charge in [0, 0.05) is 56.5 Å². The van der Waals surface area contributed by atoms with Gasteiger partial charge < -0.3 is 9.80 Å². The number of carbonyl (C=O) groups excluding carboxylic acids is 1. The Kier molecular flexibility index (Phi) is 3.74. The molecule has 0 bridgehead atoms. The number of amides is 1. The van der Waals surface area contributed by atoms with Crippen LogP contribution < -0.4 is 4.90 Å². The Morgan fingerprint density at radius 1 is 1.17 bits per heavy atom. The van der Waals surface area contributed by atoms with Crippen LogP contribution in [0.15, 0.2) is 0 Å². The van der Waals surface area contributed by atoms with E-state index in [4.69, 9.17) is 0 Å². The van der Waals surface area contributed by atoms with Gasteiger partial charge in [0.25, 0.3) is 5.92 Å². The Morgan fingerprint density at radius 2 is 1.91 bits per heavy atom. The summed E-state index contributed by atoms with van der Waals surface area (Å²) in [5.74, 6) is -1.21. The first-order chi connectivity index (χ1) is 11.0. The highest BCUT2D eigenvalue weighted by Crippen LogP contribution is 2.40. The van der Waals surface area contributed by atoms with E-state index < -0.39 is 5.92 Å². The summed E-state index contributed by atoms with van der Waals surface area (Å²) < 4.78 is 30.8. The average molecular weight is 342 g/mol. The van der Waals surface area contributed by atoms with Crippen LogP contribution in [0.3, 0.4) is 0 Å². The summed E-state index contributed by atoms with van der Waals surface area (Å²) in [6, 6.07) is 0. The van der Waals surface area contributed by atoms with Crippen LogP contribution in [0.2, 0.25) is 0 Å².